The number of benzene rings is 1. The Hall–Kier alpha value is -2.42. The van der Waals surface area contributed by atoms with Crippen molar-refractivity contribution in [2.45, 2.75) is 30.2 Å². The molecule has 154 valence electrons. The number of rotatable bonds is 4. The number of aromatic nitrogens is 2. The Bertz CT molecular complexity index is 1100. The summed E-state index contributed by atoms with van der Waals surface area (Å²) in [6.07, 6.45) is 6.54. The molecule has 1 saturated heterocycles. The van der Waals surface area contributed by atoms with Gasteiger partial charge in [-0.3, -0.25) is 9.78 Å². The zero-order chi connectivity index (χ0) is 21.0. The Labute approximate surface area is 174 Å². The first-order valence-corrected chi connectivity index (χ1v) is 10.9. The van der Waals surface area contributed by atoms with Gasteiger partial charge in [0.15, 0.2) is 0 Å². The number of halogens is 1. The largest absolute Gasteiger partial charge is 0.483 e. The first-order chi connectivity index (χ1) is 13.9. The van der Waals surface area contributed by atoms with Crippen LogP contribution in [0, 0.1) is 0 Å². The molecule has 3 aromatic rings. The second-order valence-electron chi connectivity index (χ2n) is 6.87. The number of likely N-dealkylation sites (tertiary alicyclic amines) is 1. The molecule has 0 aliphatic carbocycles. The Balaban J connectivity index is 0.000000755. The minimum absolute atomic E-state index is 0.215. The van der Waals surface area contributed by atoms with E-state index in [4.69, 9.17) is 21.5 Å². The maximum atomic E-state index is 13.2. The van der Waals surface area contributed by atoms with Crippen molar-refractivity contribution in [3.63, 3.8) is 0 Å². The quantitative estimate of drug-likeness (QED) is 0.632. The van der Waals surface area contributed by atoms with Crippen molar-refractivity contribution in [3.8, 4) is 0 Å². The smallest absolute Gasteiger partial charge is 0.290 e. The van der Waals surface area contributed by atoms with E-state index in [1.807, 2.05) is 0 Å². The molecule has 4 rings (SSSR count). The molecule has 0 radical (unpaired) electrons. The molecule has 7 nitrogen and oxygen atoms in total. The fourth-order valence-corrected chi connectivity index (χ4v) is 5.16. The summed E-state index contributed by atoms with van der Waals surface area (Å²) in [5.41, 5.74) is 2.33. The molecule has 9 heteroatoms. The predicted octanol–water partition coefficient (Wildman–Crippen LogP) is 3.26. The number of carbonyl (C=O) groups is 1. The van der Waals surface area contributed by atoms with Crippen molar-refractivity contribution in [1.82, 2.24) is 13.9 Å². The van der Waals surface area contributed by atoms with Crippen LogP contribution in [0.15, 0.2) is 53.7 Å². The van der Waals surface area contributed by atoms with Crippen molar-refractivity contribution in [3.05, 3.63) is 59.4 Å². The summed E-state index contributed by atoms with van der Waals surface area (Å²) in [4.78, 5) is 15.4. The van der Waals surface area contributed by atoms with E-state index in [1.165, 1.54) is 22.5 Å². The van der Waals surface area contributed by atoms with E-state index in [-0.39, 0.29) is 11.4 Å². The maximum absolute atomic E-state index is 13.2. The van der Waals surface area contributed by atoms with Gasteiger partial charge in [-0.15, -0.1) is 0 Å². The minimum atomic E-state index is -3.70. The van der Waals surface area contributed by atoms with Crippen LogP contribution >= 0.6 is 11.6 Å². The summed E-state index contributed by atoms with van der Waals surface area (Å²) < 4.78 is 27.7. The molecule has 1 aliphatic heterocycles. The molecule has 0 unspecified atom stereocenters. The Morgan fingerprint density at radius 1 is 1.28 bits per heavy atom. The van der Waals surface area contributed by atoms with Gasteiger partial charge in [-0.2, -0.15) is 0 Å². The summed E-state index contributed by atoms with van der Waals surface area (Å²) in [5.74, 6) is 0. The van der Waals surface area contributed by atoms with Crippen LogP contribution in [0.3, 0.4) is 0 Å². The molecule has 2 aromatic heterocycles. The van der Waals surface area contributed by atoms with E-state index in [9.17, 15) is 8.42 Å². The summed E-state index contributed by atoms with van der Waals surface area (Å²) >= 11 is 5.90. The highest BCUT2D eigenvalue weighted by atomic mass is 35.5. The van der Waals surface area contributed by atoms with Gasteiger partial charge < -0.3 is 10.0 Å². The zero-order valence-electron chi connectivity index (χ0n) is 15.9. The Morgan fingerprint density at radius 3 is 2.59 bits per heavy atom. The lowest BCUT2D eigenvalue weighted by molar-refractivity contribution is -0.122. The first kappa shape index (κ1) is 21.3. The molecule has 1 aromatic carbocycles. The van der Waals surface area contributed by atoms with Crippen molar-refractivity contribution in [2.24, 2.45) is 0 Å². The van der Waals surface area contributed by atoms with Crippen LogP contribution in [0.25, 0.3) is 11.0 Å². The minimum Gasteiger partial charge on any atom is -0.483 e. The van der Waals surface area contributed by atoms with Gasteiger partial charge in [0.05, 0.1) is 15.9 Å². The summed E-state index contributed by atoms with van der Waals surface area (Å²) in [5, 5.41) is 7.40. The van der Waals surface area contributed by atoms with Gasteiger partial charge in [-0.05, 0) is 74.8 Å². The van der Waals surface area contributed by atoms with Crippen molar-refractivity contribution >= 4 is 39.1 Å². The molecule has 0 saturated carbocycles. The van der Waals surface area contributed by atoms with Gasteiger partial charge in [0.2, 0.25) is 0 Å². The molecule has 0 amide bonds. The number of carboxylic acid groups (broad SMARTS) is 1. The van der Waals surface area contributed by atoms with Gasteiger partial charge in [-0.25, -0.2) is 12.4 Å². The lowest BCUT2D eigenvalue weighted by atomic mass is 10.1. The number of hydrogen-bond donors (Lipinski definition) is 1. The molecule has 1 fully saturated rings. The second kappa shape index (κ2) is 8.94. The highest BCUT2D eigenvalue weighted by molar-refractivity contribution is 7.90. The van der Waals surface area contributed by atoms with Crippen molar-refractivity contribution in [2.75, 3.05) is 13.6 Å². The van der Waals surface area contributed by atoms with Crippen LogP contribution < -0.4 is 0 Å². The van der Waals surface area contributed by atoms with Gasteiger partial charge in [-0.1, -0.05) is 11.6 Å². The molecule has 3 heterocycles. The number of pyridine rings is 1. The number of nitrogens with zero attached hydrogens (tertiary/aromatic N) is 3. The third-order valence-electron chi connectivity index (χ3n) is 5.10. The molecular formula is C20H22ClN3O4S. The Kier molecular flexibility index (Phi) is 6.56. The summed E-state index contributed by atoms with van der Waals surface area (Å²) in [7, 11) is -1.58. The van der Waals surface area contributed by atoms with Crippen molar-refractivity contribution < 1.29 is 18.3 Å². The highest BCUT2D eigenvalue weighted by Crippen LogP contribution is 2.28. The second-order valence-corrected chi connectivity index (χ2v) is 9.12. The highest BCUT2D eigenvalue weighted by Gasteiger charge is 2.26. The topological polar surface area (TPSA) is 92.5 Å². The van der Waals surface area contributed by atoms with Crippen LogP contribution in [0.4, 0.5) is 0 Å². The molecule has 1 aliphatic rings. The van der Waals surface area contributed by atoms with E-state index < -0.39 is 10.0 Å². The van der Waals surface area contributed by atoms with Crippen LogP contribution in [-0.4, -0.2) is 53.5 Å². The molecular weight excluding hydrogens is 414 g/mol. The van der Waals surface area contributed by atoms with E-state index in [2.05, 4.69) is 16.9 Å². The lowest BCUT2D eigenvalue weighted by Crippen LogP contribution is -2.26. The number of hydrogen-bond acceptors (Lipinski definition) is 5. The SMILES string of the molecule is CN1CCC[C@@H]1Cc1cn(S(=O)(=O)c2ccc(Cl)cc2)c2cccnc12.O=CO. The van der Waals surface area contributed by atoms with Crippen LogP contribution in [0.2, 0.25) is 5.02 Å². The fraction of sp³-hybridized carbons (Fsp3) is 0.300. The van der Waals surface area contributed by atoms with E-state index in [0.717, 1.165) is 30.5 Å². The predicted molar refractivity (Wildman–Crippen MR) is 112 cm³/mol. The van der Waals surface area contributed by atoms with Crippen molar-refractivity contribution in [1.29, 1.82) is 0 Å². The van der Waals surface area contributed by atoms with E-state index in [0.29, 0.717) is 16.6 Å². The fourth-order valence-electron chi connectivity index (χ4n) is 3.65. The van der Waals surface area contributed by atoms with E-state index >= 15 is 0 Å². The average Bonchev–Trinajstić information content (AvgIpc) is 3.27. The molecule has 29 heavy (non-hydrogen) atoms. The molecule has 1 atom stereocenters. The molecule has 0 spiro atoms. The van der Waals surface area contributed by atoms with Crippen LogP contribution in [0.5, 0.6) is 0 Å². The summed E-state index contributed by atoms with van der Waals surface area (Å²) in [6, 6.07) is 10.2. The lowest BCUT2D eigenvalue weighted by Gasteiger charge is -2.18. The third-order valence-corrected chi connectivity index (χ3v) is 7.04. The average molecular weight is 436 g/mol. The molecule has 0 bridgehead atoms. The molecule has 1 N–H and O–H groups in total. The summed E-state index contributed by atoms with van der Waals surface area (Å²) in [6.45, 7) is 0.833. The standard InChI is InChI=1S/C19H20ClN3O2S.CH2O2/c1-22-11-3-4-16(22)12-14-13-23(18-5-2-10-21-19(14)18)26(24,25)17-8-6-15(20)7-9-17;2-1-3/h2,5-10,13,16H,3-4,11-12H2,1H3;1H,(H,2,3)/t16-;/m1./s1. The zero-order valence-corrected chi connectivity index (χ0v) is 17.5. The van der Waals surface area contributed by atoms with E-state index in [1.54, 1.807) is 36.7 Å². The van der Waals surface area contributed by atoms with Gasteiger partial charge in [0, 0.05) is 23.5 Å². The number of fused-ring (bicyclic) bond motifs is 1. The van der Waals surface area contributed by atoms with Crippen LogP contribution in [-0.2, 0) is 21.2 Å². The van der Waals surface area contributed by atoms with Gasteiger partial charge >= 0.3 is 0 Å². The van der Waals surface area contributed by atoms with Gasteiger partial charge in [0.25, 0.3) is 16.5 Å². The number of likely N-dealkylation sites (N-methyl/N-ethyl adjacent to an activating group) is 1. The third kappa shape index (κ3) is 4.44. The normalized spacial score (nSPS) is 17.1. The first-order valence-electron chi connectivity index (χ1n) is 9.12. The van der Waals surface area contributed by atoms with Crippen LogP contribution in [0.1, 0.15) is 18.4 Å². The van der Waals surface area contributed by atoms with Gasteiger partial charge in [0.1, 0.15) is 0 Å². The monoisotopic (exact) mass is 435 g/mol. The maximum Gasteiger partial charge on any atom is 0.290 e. The Morgan fingerprint density at radius 2 is 1.97 bits per heavy atom.